The molecular weight excluding hydrogens is 453 g/mol. The smallest absolute Gasteiger partial charge is 0.312 e. The van der Waals surface area contributed by atoms with Gasteiger partial charge in [0.2, 0.25) is 5.91 Å². The summed E-state index contributed by atoms with van der Waals surface area (Å²) in [6.07, 6.45) is -0.728. The summed E-state index contributed by atoms with van der Waals surface area (Å²) in [5.74, 6) is -1.33. The molecule has 0 spiro atoms. The minimum atomic E-state index is -1.28. The number of carboxylic acid groups (broad SMARTS) is 1. The summed E-state index contributed by atoms with van der Waals surface area (Å²) >= 11 is 18.7. The number of hydrogen-bond acceptors (Lipinski definition) is 4. The third-order valence-electron chi connectivity index (χ3n) is 3.85. The third-order valence-corrected chi connectivity index (χ3v) is 4.98. The quantitative estimate of drug-likeness (QED) is 0.307. The number of amides is 1. The van der Waals surface area contributed by atoms with E-state index in [2.05, 4.69) is 5.32 Å². The molecule has 0 fully saturated rings. The van der Waals surface area contributed by atoms with Crippen LogP contribution in [0.4, 0.5) is 5.69 Å². The summed E-state index contributed by atoms with van der Waals surface area (Å²) in [5, 5.41) is 21.2. The number of carbonyl (C=O) groups excluding carboxylic acids is 1. The highest BCUT2D eigenvalue weighted by Gasteiger charge is 2.20. The van der Waals surface area contributed by atoms with Crippen LogP contribution >= 0.6 is 34.8 Å². The summed E-state index contributed by atoms with van der Waals surface area (Å²) in [6, 6.07) is 4.63. The van der Waals surface area contributed by atoms with E-state index >= 15 is 0 Å². The second kappa shape index (κ2) is 11.3. The first kappa shape index (κ1) is 25.9. The fourth-order valence-corrected chi connectivity index (χ4v) is 3.20. The van der Waals surface area contributed by atoms with Crippen molar-refractivity contribution in [2.75, 3.05) is 5.32 Å². The predicted molar refractivity (Wildman–Crippen MR) is 121 cm³/mol. The van der Waals surface area contributed by atoms with Crippen LogP contribution in [-0.4, -0.2) is 22.1 Å². The average Bonchev–Trinajstić information content (AvgIpc) is 2.66. The Morgan fingerprint density at radius 2 is 1.70 bits per heavy atom. The molecule has 0 bridgehead atoms. The topological polar surface area (TPSA) is 95.9 Å². The molecule has 2 aromatic carbocycles. The lowest BCUT2D eigenvalue weighted by atomic mass is 9.99. The van der Waals surface area contributed by atoms with Crippen LogP contribution in [0.2, 0.25) is 15.1 Å². The van der Waals surface area contributed by atoms with Gasteiger partial charge in [0.15, 0.2) is 5.75 Å². The molecule has 0 aliphatic carbocycles. The van der Waals surface area contributed by atoms with Crippen LogP contribution < -0.4 is 10.1 Å². The number of rotatable bonds is 6. The van der Waals surface area contributed by atoms with E-state index in [1.807, 2.05) is 27.7 Å². The third kappa shape index (κ3) is 6.42. The van der Waals surface area contributed by atoms with Gasteiger partial charge in [-0.05, 0) is 36.6 Å². The van der Waals surface area contributed by atoms with Crippen LogP contribution in [0.5, 0.6) is 17.2 Å². The highest BCUT2D eigenvalue weighted by atomic mass is 35.5. The van der Waals surface area contributed by atoms with Gasteiger partial charge in [0.25, 0.3) is 0 Å². The van der Waals surface area contributed by atoms with E-state index in [4.69, 9.17) is 44.6 Å². The monoisotopic (exact) mass is 475 g/mol. The van der Waals surface area contributed by atoms with Crippen LogP contribution in [0, 0.1) is 6.92 Å². The summed E-state index contributed by atoms with van der Waals surface area (Å²) in [6.45, 7) is 9.61. The number of carbonyl (C=O) groups is 2. The molecule has 0 aliphatic heterocycles. The molecule has 0 aliphatic rings. The number of aromatic hydroxyl groups is 1. The van der Waals surface area contributed by atoms with E-state index in [1.54, 1.807) is 19.1 Å². The molecule has 0 saturated heterocycles. The molecule has 164 valence electrons. The van der Waals surface area contributed by atoms with Crippen LogP contribution in [0.1, 0.15) is 51.2 Å². The Kier molecular flexibility index (Phi) is 9.75. The lowest BCUT2D eigenvalue weighted by Crippen LogP contribution is -2.16. The zero-order chi connectivity index (χ0) is 23.2. The molecule has 6 nitrogen and oxygen atoms in total. The first-order valence-corrected chi connectivity index (χ1v) is 10.3. The highest BCUT2D eigenvalue weighted by Crippen LogP contribution is 2.45. The molecule has 2 aromatic rings. The van der Waals surface area contributed by atoms with E-state index in [9.17, 15) is 14.7 Å². The Labute approximate surface area is 190 Å². The normalized spacial score (nSPS) is 10.3. The number of nitrogens with one attached hydrogen (secondary N) is 1. The van der Waals surface area contributed by atoms with Gasteiger partial charge in [-0.2, -0.15) is 0 Å². The number of ether oxygens (including phenoxy) is 1. The standard InChI is InChI=1S/C19H18Cl3NO5.C2H6/c1-8(2)11-5-10(4-9(3)18(11)27)28-19-12(20)6-13(16(21)17(19)22)23-14(24)7-15(25)26;1-2/h4-6,8,27H,7H2,1-3H3,(H,23,24)(H,25,26);1-2H3. The fourth-order valence-electron chi connectivity index (χ4n) is 2.48. The van der Waals surface area contributed by atoms with Crippen molar-refractivity contribution in [2.45, 2.75) is 47.0 Å². The zero-order valence-corrected chi connectivity index (χ0v) is 19.5. The van der Waals surface area contributed by atoms with Crippen LogP contribution in [0.25, 0.3) is 0 Å². The van der Waals surface area contributed by atoms with E-state index in [0.717, 1.165) is 0 Å². The molecule has 30 heavy (non-hydrogen) atoms. The number of phenolic OH excluding ortho intramolecular Hbond substituents is 1. The average molecular weight is 477 g/mol. The van der Waals surface area contributed by atoms with Gasteiger partial charge in [-0.3, -0.25) is 9.59 Å². The first-order chi connectivity index (χ1) is 14.0. The number of hydrogen-bond donors (Lipinski definition) is 3. The highest BCUT2D eigenvalue weighted by molar-refractivity contribution is 6.46. The molecule has 9 heteroatoms. The summed E-state index contributed by atoms with van der Waals surface area (Å²) in [5.41, 5.74) is 1.39. The fraction of sp³-hybridized carbons (Fsp3) is 0.333. The number of benzene rings is 2. The predicted octanol–water partition coefficient (Wildman–Crippen LogP) is 7.02. The van der Waals surface area contributed by atoms with Gasteiger partial charge in [0.05, 0.1) is 15.7 Å². The summed E-state index contributed by atoms with van der Waals surface area (Å²) in [7, 11) is 0. The second-order valence-electron chi connectivity index (χ2n) is 6.42. The van der Waals surface area contributed by atoms with E-state index < -0.39 is 18.3 Å². The van der Waals surface area contributed by atoms with Crippen molar-refractivity contribution in [3.05, 3.63) is 44.4 Å². The van der Waals surface area contributed by atoms with Crippen LogP contribution in [-0.2, 0) is 9.59 Å². The van der Waals surface area contributed by atoms with Gasteiger partial charge < -0.3 is 20.3 Å². The summed E-state index contributed by atoms with van der Waals surface area (Å²) < 4.78 is 5.81. The maximum absolute atomic E-state index is 11.7. The molecule has 1 amide bonds. The van der Waals surface area contributed by atoms with Gasteiger partial charge in [-0.1, -0.05) is 62.5 Å². The van der Waals surface area contributed by atoms with Crippen molar-refractivity contribution in [3.8, 4) is 17.2 Å². The minimum Gasteiger partial charge on any atom is -0.507 e. The van der Waals surface area contributed by atoms with Gasteiger partial charge in [-0.15, -0.1) is 0 Å². The van der Waals surface area contributed by atoms with Crippen molar-refractivity contribution in [1.82, 2.24) is 0 Å². The number of carboxylic acids is 1. The minimum absolute atomic E-state index is 0.0422. The molecule has 0 saturated carbocycles. The molecule has 0 heterocycles. The van der Waals surface area contributed by atoms with Crippen molar-refractivity contribution in [1.29, 1.82) is 0 Å². The lowest BCUT2D eigenvalue weighted by molar-refractivity contribution is -0.139. The Morgan fingerprint density at radius 3 is 2.23 bits per heavy atom. The van der Waals surface area contributed by atoms with Crippen LogP contribution in [0.15, 0.2) is 18.2 Å². The van der Waals surface area contributed by atoms with Crippen molar-refractivity contribution in [3.63, 3.8) is 0 Å². The van der Waals surface area contributed by atoms with E-state index in [1.165, 1.54) is 6.07 Å². The first-order valence-electron chi connectivity index (χ1n) is 9.21. The number of halogens is 3. The number of anilines is 1. The van der Waals surface area contributed by atoms with Gasteiger partial charge >= 0.3 is 5.97 Å². The molecule has 0 unspecified atom stereocenters. The number of aryl methyl sites for hydroxylation is 1. The zero-order valence-electron chi connectivity index (χ0n) is 17.3. The lowest BCUT2D eigenvalue weighted by Gasteiger charge is -2.17. The molecular formula is C21H24Cl3NO5. The molecule has 3 N–H and O–H groups in total. The maximum atomic E-state index is 11.7. The summed E-state index contributed by atoms with van der Waals surface area (Å²) in [4.78, 5) is 22.3. The molecule has 0 atom stereocenters. The van der Waals surface area contributed by atoms with Gasteiger partial charge in [0.1, 0.15) is 22.9 Å². The van der Waals surface area contributed by atoms with Crippen molar-refractivity contribution >= 4 is 52.4 Å². The van der Waals surface area contributed by atoms with Crippen molar-refractivity contribution < 1.29 is 24.5 Å². The Balaban J connectivity index is 0.00000218. The number of phenols is 1. The molecule has 0 aromatic heterocycles. The van der Waals surface area contributed by atoms with Gasteiger partial charge in [-0.25, -0.2) is 0 Å². The molecule has 0 radical (unpaired) electrons. The number of aliphatic carboxylic acids is 1. The molecule has 2 rings (SSSR count). The van der Waals surface area contributed by atoms with Gasteiger partial charge in [0, 0.05) is 5.56 Å². The Hall–Kier alpha value is -2.15. The Morgan fingerprint density at radius 1 is 1.10 bits per heavy atom. The SMILES string of the molecule is CC.Cc1cc(Oc2c(Cl)cc(NC(=O)CC(=O)O)c(Cl)c2Cl)cc(C(C)C)c1O. The second-order valence-corrected chi connectivity index (χ2v) is 7.58. The largest absolute Gasteiger partial charge is 0.507 e. The Bertz CT molecular complexity index is 945. The van der Waals surface area contributed by atoms with Crippen molar-refractivity contribution in [2.24, 2.45) is 0 Å². The van der Waals surface area contributed by atoms with Crippen LogP contribution in [0.3, 0.4) is 0 Å². The van der Waals surface area contributed by atoms with E-state index in [0.29, 0.717) is 16.9 Å². The maximum Gasteiger partial charge on any atom is 0.312 e. The van der Waals surface area contributed by atoms with E-state index in [-0.39, 0.29) is 38.2 Å².